The van der Waals surface area contributed by atoms with Gasteiger partial charge in [0.15, 0.2) is 0 Å². The molecule has 4 aliphatic heterocycles. The first-order chi connectivity index (χ1) is 13.1. The number of methoxy groups -OCH3 is 1. The number of hydrogen-bond donors (Lipinski definition) is 0. The maximum absolute atomic E-state index is 13.4. The van der Waals surface area contributed by atoms with Crippen LogP contribution >= 0.6 is 0 Å². The zero-order chi connectivity index (χ0) is 18.6. The molecule has 5 rings (SSSR count). The normalized spacial score (nSPS) is 33.5. The summed E-state index contributed by atoms with van der Waals surface area (Å²) < 4.78 is 11.3. The monoisotopic (exact) mass is 368 g/mol. The van der Waals surface area contributed by atoms with Crippen LogP contribution in [0.2, 0.25) is 0 Å². The number of ether oxygens (including phenoxy) is 2. The number of carbonyl (C=O) groups is 2. The molecule has 0 N–H and O–H groups in total. The number of hydrogen-bond acceptors (Lipinski definition) is 4. The highest BCUT2D eigenvalue weighted by Gasteiger charge is 2.67. The number of carbonyl (C=O) groups excluding carboxylic acids is 2. The van der Waals surface area contributed by atoms with Crippen molar-refractivity contribution < 1.29 is 19.1 Å². The highest BCUT2D eigenvalue weighted by Crippen LogP contribution is 2.52. The van der Waals surface area contributed by atoms with Crippen LogP contribution in [0, 0.1) is 11.8 Å². The van der Waals surface area contributed by atoms with E-state index in [4.69, 9.17) is 9.47 Å². The summed E-state index contributed by atoms with van der Waals surface area (Å²) in [4.78, 5) is 30.2. The van der Waals surface area contributed by atoms with E-state index < -0.39 is 17.4 Å². The van der Waals surface area contributed by atoms with Gasteiger partial charge in [0.25, 0.3) is 0 Å². The van der Waals surface area contributed by atoms with E-state index in [9.17, 15) is 9.59 Å². The molecule has 1 aromatic carbocycles. The van der Waals surface area contributed by atoms with Crippen LogP contribution in [0.25, 0.3) is 0 Å². The van der Waals surface area contributed by atoms with Crippen molar-refractivity contribution in [2.24, 2.45) is 11.8 Å². The lowest BCUT2D eigenvalue weighted by molar-refractivity contribution is -0.144. The van der Waals surface area contributed by atoms with Gasteiger partial charge in [0.1, 0.15) is 5.60 Å². The molecule has 27 heavy (non-hydrogen) atoms. The molecule has 6 heteroatoms. The lowest BCUT2D eigenvalue weighted by Gasteiger charge is -2.33. The molecular formula is C21H24N2O4. The summed E-state index contributed by atoms with van der Waals surface area (Å²) in [5.74, 6) is -0.753. The molecule has 4 heterocycles. The van der Waals surface area contributed by atoms with Crippen molar-refractivity contribution in [3.8, 4) is 0 Å². The molecule has 142 valence electrons. The molecule has 1 spiro atoms. The predicted octanol–water partition coefficient (Wildman–Crippen LogP) is 1.000. The number of amides is 2. The lowest BCUT2D eigenvalue weighted by Crippen LogP contribution is -2.47. The van der Waals surface area contributed by atoms with Gasteiger partial charge in [-0.1, -0.05) is 36.4 Å². The van der Waals surface area contributed by atoms with Crippen LogP contribution < -0.4 is 0 Å². The van der Waals surface area contributed by atoms with Crippen LogP contribution in [0.15, 0.2) is 36.4 Å². The van der Waals surface area contributed by atoms with E-state index in [0.717, 1.165) is 6.42 Å². The van der Waals surface area contributed by atoms with Crippen molar-refractivity contribution in [3.63, 3.8) is 0 Å². The summed E-state index contributed by atoms with van der Waals surface area (Å²) in [5.41, 5.74) is 1.87. The summed E-state index contributed by atoms with van der Waals surface area (Å²) in [5, 5.41) is 0. The first kappa shape index (κ1) is 17.0. The minimum Gasteiger partial charge on any atom is -0.383 e. The van der Waals surface area contributed by atoms with E-state index in [2.05, 4.69) is 12.1 Å². The largest absolute Gasteiger partial charge is 0.383 e. The number of benzene rings is 1. The Morgan fingerprint density at radius 3 is 2.96 bits per heavy atom. The van der Waals surface area contributed by atoms with Crippen LogP contribution in [-0.2, 0) is 32.0 Å². The Hall–Kier alpha value is -2.18. The zero-order valence-electron chi connectivity index (χ0n) is 15.5. The maximum Gasteiger partial charge on any atom is 0.230 e. The van der Waals surface area contributed by atoms with Gasteiger partial charge in [-0.05, 0) is 17.5 Å². The third-order valence-electron chi connectivity index (χ3n) is 6.47. The van der Waals surface area contributed by atoms with E-state index in [1.807, 2.05) is 29.2 Å². The van der Waals surface area contributed by atoms with Crippen molar-refractivity contribution in [2.45, 2.75) is 24.7 Å². The van der Waals surface area contributed by atoms with Gasteiger partial charge < -0.3 is 19.3 Å². The number of nitrogens with zero attached hydrogens (tertiary/aromatic N) is 2. The topological polar surface area (TPSA) is 59.1 Å². The second kappa shape index (κ2) is 6.17. The first-order valence-electron chi connectivity index (χ1n) is 9.63. The smallest absolute Gasteiger partial charge is 0.230 e. The average Bonchev–Trinajstić information content (AvgIpc) is 3.33. The van der Waals surface area contributed by atoms with Crippen LogP contribution in [0.4, 0.5) is 0 Å². The van der Waals surface area contributed by atoms with E-state index in [1.165, 1.54) is 11.1 Å². The molecule has 4 atom stereocenters. The minimum absolute atomic E-state index is 0.0228. The van der Waals surface area contributed by atoms with E-state index in [-0.39, 0.29) is 17.9 Å². The molecule has 2 bridgehead atoms. The number of fused-ring (bicyclic) bond motifs is 2. The van der Waals surface area contributed by atoms with Gasteiger partial charge in [-0.25, -0.2) is 0 Å². The lowest BCUT2D eigenvalue weighted by atomic mass is 9.76. The van der Waals surface area contributed by atoms with Crippen LogP contribution in [0.3, 0.4) is 0 Å². The van der Waals surface area contributed by atoms with Crippen LogP contribution in [-0.4, -0.2) is 66.7 Å². The third kappa shape index (κ3) is 2.47. The Morgan fingerprint density at radius 1 is 1.33 bits per heavy atom. The Bertz CT molecular complexity index is 822. The Labute approximate surface area is 158 Å². The van der Waals surface area contributed by atoms with E-state index in [1.54, 1.807) is 12.0 Å². The predicted molar refractivity (Wildman–Crippen MR) is 97.7 cm³/mol. The average molecular weight is 368 g/mol. The second-order valence-electron chi connectivity index (χ2n) is 7.93. The van der Waals surface area contributed by atoms with Gasteiger partial charge in [-0.2, -0.15) is 0 Å². The summed E-state index contributed by atoms with van der Waals surface area (Å²) in [6.45, 7) is 2.85. The molecule has 6 nitrogen and oxygen atoms in total. The Morgan fingerprint density at radius 2 is 2.15 bits per heavy atom. The molecule has 2 fully saturated rings. The highest BCUT2D eigenvalue weighted by atomic mass is 16.5. The standard InChI is InChI=1S/C21H24N2O4/c1-26-11-10-23-13-21-8-6-16(27-21)17(18(21)20(23)25)19(24)22-9-7-14-4-2-3-5-15(14)12-22/h2-6,8,16-18H,7,9-13H2,1H3/t16-,17?,18?,21-/m0/s1. The quantitative estimate of drug-likeness (QED) is 0.744. The Kier molecular flexibility index (Phi) is 3.88. The van der Waals surface area contributed by atoms with Crippen LogP contribution in [0.1, 0.15) is 11.1 Å². The fourth-order valence-corrected chi connectivity index (χ4v) is 5.15. The molecule has 0 saturated carbocycles. The van der Waals surface area contributed by atoms with Gasteiger partial charge in [0, 0.05) is 26.7 Å². The van der Waals surface area contributed by atoms with E-state index >= 15 is 0 Å². The molecule has 0 radical (unpaired) electrons. The van der Waals surface area contributed by atoms with Crippen molar-refractivity contribution in [1.29, 1.82) is 0 Å². The molecule has 2 saturated heterocycles. The SMILES string of the molecule is COCCN1C[C@]23C=C[C@H](O2)C(C(=O)N2CCc4ccccc4C2)C3C1=O. The van der Waals surface area contributed by atoms with Crippen molar-refractivity contribution in [3.05, 3.63) is 47.5 Å². The number of likely N-dealkylation sites (tertiary alicyclic amines) is 1. The number of rotatable bonds is 4. The van der Waals surface area contributed by atoms with Crippen molar-refractivity contribution in [1.82, 2.24) is 9.80 Å². The maximum atomic E-state index is 13.4. The molecule has 0 aromatic heterocycles. The zero-order valence-corrected chi connectivity index (χ0v) is 15.5. The minimum atomic E-state index is -0.635. The van der Waals surface area contributed by atoms with E-state index in [0.29, 0.717) is 32.8 Å². The molecule has 2 unspecified atom stereocenters. The van der Waals surface area contributed by atoms with Gasteiger partial charge in [-0.3, -0.25) is 9.59 Å². The van der Waals surface area contributed by atoms with Gasteiger partial charge in [-0.15, -0.1) is 0 Å². The summed E-state index contributed by atoms with van der Waals surface area (Å²) in [6, 6.07) is 8.27. The fourth-order valence-electron chi connectivity index (χ4n) is 5.15. The van der Waals surface area contributed by atoms with Gasteiger partial charge in [0.05, 0.1) is 31.1 Å². The fraction of sp³-hybridized carbons (Fsp3) is 0.524. The highest BCUT2D eigenvalue weighted by molar-refractivity contribution is 5.93. The third-order valence-corrected chi connectivity index (χ3v) is 6.47. The molecule has 2 amide bonds. The van der Waals surface area contributed by atoms with Gasteiger partial charge in [0.2, 0.25) is 11.8 Å². The second-order valence-corrected chi connectivity index (χ2v) is 7.93. The molecule has 4 aliphatic rings. The summed E-state index contributed by atoms with van der Waals surface area (Å²) in [7, 11) is 1.63. The molecule has 1 aromatic rings. The molecule has 0 aliphatic carbocycles. The summed E-state index contributed by atoms with van der Waals surface area (Å²) >= 11 is 0. The van der Waals surface area contributed by atoms with Crippen molar-refractivity contribution >= 4 is 11.8 Å². The summed E-state index contributed by atoms with van der Waals surface area (Å²) in [6.07, 6.45) is 4.56. The Balaban J connectivity index is 1.39. The first-order valence-corrected chi connectivity index (χ1v) is 9.63. The van der Waals surface area contributed by atoms with Crippen molar-refractivity contribution in [2.75, 3.05) is 33.4 Å². The van der Waals surface area contributed by atoms with Gasteiger partial charge >= 0.3 is 0 Å². The van der Waals surface area contributed by atoms with Crippen LogP contribution in [0.5, 0.6) is 0 Å². The molecular weight excluding hydrogens is 344 g/mol.